The molecule has 2 aliphatic rings. The zero-order valence-corrected chi connectivity index (χ0v) is 17.4. The van der Waals surface area contributed by atoms with Gasteiger partial charge >= 0.3 is 0 Å². The summed E-state index contributed by atoms with van der Waals surface area (Å²) in [5.41, 5.74) is 2.51. The highest BCUT2D eigenvalue weighted by Crippen LogP contribution is 2.40. The topological polar surface area (TPSA) is 88.8 Å². The lowest BCUT2D eigenvalue weighted by Gasteiger charge is -2.30. The first kappa shape index (κ1) is 18.9. The van der Waals surface area contributed by atoms with Gasteiger partial charge in [-0.1, -0.05) is 0 Å². The van der Waals surface area contributed by atoms with Crippen molar-refractivity contribution in [1.29, 1.82) is 0 Å². The lowest BCUT2D eigenvalue weighted by atomic mass is 9.98. The SMILES string of the molecule is COc1ccc(-c2nnc3c4c(c(NCC5CCNCC5)nn23)N(C)CCO4)cc1. The third kappa shape index (κ3) is 3.39. The maximum Gasteiger partial charge on any atom is 0.222 e. The van der Waals surface area contributed by atoms with E-state index in [1.54, 1.807) is 11.6 Å². The van der Waals surface area contributed by atoms with Crippen LogP contribution in [0.5, 0.6) is 11.5 Å². The Hall–Kier alpha value is -3.07. The van der Waals surface area contributed by atoms with Crippen molar-refractivity contribution < 1.29 is 9.47 Å². The standard InChI is InChI=1S/C21H27N7O2/c1-27-11-12-30-18-17(27)19(23-13-14-7-9-22-10-8-14)26-28-20(24-25-21(18)28)15-3-5-16(29-2)6-4-15/h3-6,14,22H,7-13H2,1-2H3,(H,23,26). The van der Waals surface area contributed by atoms with E-state index in [4.69, 9.17) is 14.6 Å². The number of ether oxygens (including phenoxy) is 2. The van der Waals surface area contributed by atoms with Crippen LogP contribution in [-0.4, -0.2) is 66.8 Å². The molecule has 0 amide bonds. The molecule has 0 spiro atoms. The second-order valence-corrected chi connectivity index (χ2v) is 7.86. The summed E-state index contributed by atoms with van der Waals surface area (Å²) in [4.78, 5) is 2.18. The molecular weight excluding hydrogens is 382 g/mol. The zero-order valence-electron chi connectivity index (χ0n) is 17.4. The molecule has 0 radical (unpaired) electrons. The molecule has 4 heterocycles. The normalized spacial score (nSPS) is 16.9. The number of aromatic nitrogens is 4. The van der Waals surface area contributed by atoms with Gasteiger partial charge in [-0.3, -0.25) is 0 Å². The molecule has 5 rings (SSSR count). The number of benzene rings is 1. The smallest absolute Gasteiger partial charge is 0.222 e. The molecule has 9 heteroatoms. The number of rotatable bonds is 5. The molecule has 1 saturated heterocycles. The first-order valence-electron chi connectivity index (χ1n) is 10.5. The fourth-order valence-electron chi connectivity index (χ4n) is 4.13. The summed E-state index contributed by atoms with van der Waals surface area (Å²) in [6, 6.07) is 7.75. The number of nitrogens with one attached hydrogen (secondary N) is 2. The number of nitrogens with zero attached hydrogens (tertiary/aromatic N) is 5. The first-order valence-corrected chi connectivity index (χ1v) is 10.5. The Kier molecular flexibility index (Phi) is 5.04. The predicted molar refractivity (Wildman–Crippen MR) is 116 cm³/mol. The second-order valence-electron chi connectivity index (χ2n) is 7.86. The Labute approximate surface area is 175 Å². The van der Waals surface area contributed by atoms with Crippen molar-refractivity contribution in [1.82, 2.24) is 25.1 Å². The fraction of sp³-hybridized carbons (Fsp3) is 0.476. The highest BCUT2D eigenvalue weighted by Gasteiger charge is 2.27. The van der Waals surface area contributed by atoms with Crippen LogP contribution in [0.4, 0.5) is 11.5 Å². The minimum absolute atomic E-state index is 0.613. The molecule has 158 valence electrons. The minimum Gasteiger partial charge on any atom is -0.497 e. The summed E-state index contributed by atoms with van der Waals surface area (Å²) in [5.74, 6) is 3.66. The summed E-state index contributed by atoms with van der Waals surface area (Å²) in [7, 11) is 3.72. The monoisotopic (exact) mass is 409 g/mol. The predicted octanol–water partition coefficient (Wildman–Crippen LogP) is 2.04. The molecule has 0 unspecified atom stereocenters. The number of hydrogen-bond donors (Lipinski definition) is 2. The van der Waals surface area contributed by atoms with Crippen LogP contribution in [0.3, 0.4) is 0 Å². The first-order chi connectivity index (χ1) is 14.7. The van der Waals surface area contributed by atoms with Crippen LogP contribution in [0, 0.1) is 5.92 Å². The van der Waals surface area contributed by atoms with E-state index in [2.05, 4.69) is 32.8 Å². The van der Waals surface area contributed by atoms with E-state index in [0.717, 1.165) is 54.7 Å². The van der Waals surface area contributed by atoms with Crippen LogP contribution in [0.15, 0.2) is 24.3 Å². The van der Waals surface area contributed by atoms with E-state index in [0.29, 0.717) is 24.0 Å². The highest BCUT2D eigenvalue weighted by atomic mass is 16.5. The van der Waals surface area contributed by atoms with E-state index in [-0.39, 0.29) is 0 Å². The van der Waals surface area contributed by atoms with Crippen molar-refractivity contribution in [2.24, 2.45) is 5.92 Å². The quantitative estimate of drug-likeness (QED) is 0.662. The maximum atomic E-state index is 6.05. The van der Waals surface area contributed by atoms with Crippen LogP contribution >= 0.6 is 0 Å². The number of piperidine rings is 1. The summed E-state index contributed by atoms with van der Waals surface area (Å²) in [5, 5.41) is 20.8. The highest BCUT2D eigenvalue weighted by molar-refractivity contribution is 5.82. The summed E-state index contributed by atoms with van der Waals surface area (Å²) >= 11 is 0. The van der Waals surface area contributed by atoms with Gasteiger partial charge in [-0.15, -0.1) is 15.3 Å². The van der Waals surface area contributed by atoms with Crippen molar-refractivity contribution in [2.45, 2.75) is 12.8 Å². The summed E-state index contributed by atoms with van der Waals surface area (Å²) in [6.45, 7) is 4.47. The zero-order chi connectivity index (χ0) is 20.5. The van der Waals surface area contributed by atoms with Crippen molar-refractivity contribution in [3.05, 3.63) is 24.3 Å². The van der Waals surface area contributed by atoms with Crippen molar-refractivity contribution >= 4 is 17.2 Å². The van der Waals surface area contributed by atoms with Gasteiger partial charge < -0.3 is 25.0 Å². The molecule has 1 aromatic carbocycles. The fourth-order valence-corrected chi connectivity index (χ4v) is 4.13. The molecule has 2 N–H and O–H groups in total. The molecule has 2 aromatic heterocycles. The molecular formula is C21H27N7O2. The van der Waals surface area contributed by atoms with Gasteiger partial charge in [-0.25, -0.2) is 0 Å². The largest absolute Gasteiger partial charge is 0.497 e. The molecule has 3 aromatic rings. The summed E-state index contributed by atoms with van der Waals surface area (Å²) < 4.78 is 13.1. The van der Waals surface area contributed by atoms with Gasteiger partial charge in [0, 0.05) is 19.2 Å². The third-order valence-corrected chi connectivity index (χ3v) is 5.90. The lowest BCUT2D eigenvalue weighted by Crippen LogP contribution is -2.33. The molecule has 30 heavy (non-hydrogen) atoms. The van der Waals surface area contributed by atoms with Gasteiger partial charge in [0.25, 0.3) is 0 Å². The lowest BCUT2D eigenvalue weighted by molar-refractivity contribution is 0.312. The van der Waals surface area contributed by atoms with Gasteiger partial charge in [-0.2, -0.15) is 4.52 Å². The minimum atomic E-state index is 0.613. The maximum absolute atomic E-state index is 6.05. The molecule has 2 aliphatic heterocycles. The number of anilines is 2. The Morgan fingerprint density at radius 2 is 2.00 bits per heavy atom. The molecule has 0 saturated carbocycles. The van der Waals surface area contributed by atoms with Gasteiger partial charge in [-0.05, 0) is 56.1 Å². The molecule has 1 fully saturated rings. The number of likely N-dealkylation sites (N-methyl/N-ethyl adjacent to an activating group) is 1. The number of methoxy groups -OCH3 is 1. The van der Waals surface area contributed by atoms with Crippen molar-refractivity contribution in [3.8, 4) is 22.9 Å². The average molecular weight is 409 g/mol. The number of fused-ring (bicyclic) bond motifs is 3. The average Bonchev–Trinajstić information content (AvgIpc) is 3.22. The van der Waals surface area contributed by atoms with Gasteiger partial charge in [0.1, 0.15) is 18.0 Å². The van der Waals surface area contributed by atoms with Crippen LogP contribution in [0.2, 0.25) is 0 Å². The van der Waals surface area contributed by atoms with Crippen molar-refractivity contribution in [3.63, 3.8) is 0 Å². The molecule has 0 bridgehead atoms. The van der Waals surface area contributed by atoms with Crippen LogP contribution in [0.1, 0.15) is 12.8 Å². The summed E-state index contributed by atoms with van der Waals surface area (Å²) in [6.07, 6.45) is 2.35. The Bertz CT molecular complexity index is 1030. The Balaban J connectivity index is 1.56. The Morgan fingerprint density at radius 1 is 1.20 bits per heavy atom. The number of hydrogen-bond acceptors (Lipinski definition) is 8. The Morgan fingerprint density at radius 3 is 2.77 bits per heavy atom. The third-order valence-electron chi connectivity index (χ3n) is 5.90. The van der Waals surface area contributed by atoms with Gasteiger partial charge in [0.15, 0.2) is 17.4 Å². The second kappa shape index (κ2) is 7.98. The molecule has 0 atom stereocenters. The van der Waals surface area contributed by atoms with E-state index < -0.39 is 0 Å². The van der Waals surface area contributed by atoms with Gasteiger partial charge in [0.2, 0.25) is 5.65 Å². The van der Waals surface area contributed by atoms with Crippen LogP contribution in [-0.2, 0) is 0 Å². The van der Waals surface area contributed by atoms with E-state index in [1.807, 2.05) is 24.3 Å². The van der Waals surface area contributed by atoms with Crippen molar-refractivity contribution in [2.75, 3.05) is 57.2 Å². The van der Waals surface area contributed by atoms with E-state index in [1.165, 1.54) is 12.8 Å². The molecule has 0 aliphatic carbocycles. The van der Waals surface area contributed by atoms with Crippen LogP contribution in [0.25, 0.3) is 17.0 Å². The van der Waals surface area contributed by atoms with E-state index >= 15 is 0 Å². The van der Waals surface area contributed by atoms with Gasteiger partial charge in [0.05, 0.1) is 13.7 Å². The van der Waals surface area contributed by atoms with Crippen LogP contribution < -0.4 is 25.0 Å². The molecule has 9 nitrogen and oxygen atoms in total. The van der Waals surface area contributed by atoms with E-state index in [9.17, 15) is 0 Å².